The van der Waals surface area contributed by atoms with Crippen LogP contribution < -0.4 is 0 Å². The van der Waals surface area contributed by atoms with E-state index in [9.17, 15) is 4.79 Å². The van der Waals surface area contributed by atoms with Gasteiger partial charge in [0.15, 0.2) is 0 Å². The summed E-state index contributed by atoms with van der Waals surface area (Å²) < 4.78 is 0. The third-order valence-corrected chi connectivity index (χ3v) is 3.98. The van der Waals surface area contributed by atoms with Crippen LogP contribution in [-0.4, -0.2) is 22.8 Å². The maximum absolute atomic E-state index is 12.4. The number of thiazole rings is 1. The quantitative estimate of drug-likeness (QED) is 0.871. The lowest BCUT2D eigenvalue weighted by molar-refractivity contribution is 0.0789. The van der Waals surface area contributed by atoms with Crippen molar-refractivity contribution >= 4 is 17.2 Å². The van der Waals surface area contributed by atoms with Crippen molar-refractivity contribution in [1.29, 1.82) is 5.26 Å². The van der Waals surface area contributed by atoms with Crippen LogP contribution in [-0.2, 0) is 6.54 Å². The van der Waals surface area contributed by atoms with E-state index in [1.54, 1.807) is 24.1 Å². The predicted molar refractivity (Wildman–Crippen MR) is 78.5 cm³/mol. The highest BCUT2D eigenvalue weighted by molar-refractivity contribution is 7.13. The minimum Gasteiger partial charge on any atom is -0.337 e. The SMILES string of the molecule is Cc1nc(C)c(C(=O)N(C)Cc2cccc(C#N)c2)s1. The molecule has 4 nitrogen and oxygen atoms in total. The van der Waals surface area contributed by atoms with E-state index in [2.05, 4.69) is 11.1 Å². The smallest absolute Gasteiger partial charge is 0.265 e. The first-order valence-electron chi connectivity index (χ1n) is 6.20. The van der Waals surface area contributed by atoms with E-state index < -0.39 is 0 Å². The topological polar surface area (TPSA) is 57.0 Å². The van der Waals surface area contributed by atoms with Gasteiger partial charge in [-0.1, -0.05) is 12.1 Å². The molecule has 20 heavy (non-hydrogen) atoms. The van der Waals surface area contributed by atoms with E-state index in [-0.39, 0.29) is 5.91 Å². The molecule has 0 aliphatic rings. The summed E-state index contributed by atoms with van der Waals surface area (Å²) in [5.74, 6) is -0.0320. The Balaban J connectivity index is 2.15. The summed E-state index contributed by atoms with van der Waals surface area (Å²) in [6.07, 6.45) is 0. The fraction of sp³-hybridized carbons (Fsp3) is 0.267. The van der Waals surface area contributed by atoms with Crippen LogP contribution in [0.2, 0.25) is 0 Å². The standard InChI is InChI=1S/C15H15N3OS/c1-10-14(20-11(2)17-10)15(19)18(3)9-13-6-4-5-12(7-13)8-16/h4-7H,9H2,1-3H3. The van der Waals surface area contributed by atoms with Gasteiger partial charge in [-0.25, -0.2) is 4.98 Å². The monoisotopic (exact) mass is 285 g/mol. The number of amides is 1. The normalized spacial score (nSPS) is 10.1. The maximum atomic E-state index is 12.4. The molecule has 0 N–H and O–H groups in total. The minimum absolute atomic E-state index is 0.0320. The molecule has 0 radical (unpaired) electrons. The Kier molecular flexibility index (Phi) is 4.16. The van der Waals surface area contributed by atoms with Crippen molar-refractivity contribution in [2.45, 2.75) is 20.4 Å². The minimum atomic E-state index is -0.0320. The van der Waals surface area contributed by atoms with Crippen LogP contribution in [0.1, 0.15) is 31.5 Å². The van der Waals surface area contributed by atoms with E-state index in [0.29, 0.717) is 17.0 Å². The third-order valence-electron chi connectivity index (χ3n) is 2.92. The lowest BCUT2D eigenvalue weighted by atomic mass is 10.1. The summed E-state index contributed by atoms with van der Waals surface area (Å²) in [6, 6.07) is 9.39. The molecule has 0 aliphatic carbocycles. The molecule has 0 spiro atoms. The van der Waals surface area contributed by atoms with Gasteiger partial charge in [-0.05, 0) is 31.5 Å². The fourth-order valence-electron chi connectivity index (χ4n) is 1.99. The summed E-state index contributed by atoms with van der Waals surface area (Å²) in [7, 11) is 1.76. The largest absolute Gasteiger partial charge is 0.337 e. The van der Waals surface area contributed by atoms with E-state index in [1.165, 1.54) is 11.3 Å². The van der Waals surface area contributed by atoms with Crippen molar-refractivity contribution in [1.82, 2.24) is 9.88 Å². The predicted octanol–water partition coefficient (Wildman–Crippen LogP) is 2.90. The van der Waals surface area contributed by atoms with Crippen molar-refractivity contribution < 1.29 is 4.79 Å². The first-order valence-corrected chi connectivity index (χ1v) is 7.01. The van der Waals surface area contributed by atoms with Gasteiger partial charge >= 0.3 is 0 Å². The third kappa shape index (κ3) is 3.03. The van der Waals surface area contributed by atoms with E-state index in [1.807, 2.05) is 26.0 Å². The number of benzene rings is 1. The number of rotatable bonds is 3. The van der Waals surface area contributed by atoms with Crippen molar-refractivity contribution in [3.05, 3.63) is 51.0 Å². The number of nitriles is 1. The summed E-state index contributed by atoms with van der Waals surface area (Å²) in [5.41, 5.74) is 2.32. The number of aromatic nitrogens is 1. The number of hydrogen-bond acceptors (Lipinski definition) is 4. The van der Waals surface area contributed by atoms with Crippen LogP contribution >= 0.6 is 11.3 Å². The molecule has 0 saturated heterocycles. The number of nitrogens with zero attached hydrogens (tertiary/aromatic N) is 3. The second-order valence-corrected chi connectivity index (χ2v) is 5.82. The van der Waals surface area contributed by atoms with Crippen LogP contribution in [0.5, 0.6) is 0 Å². The van der Waals surface area contributed by atoms with Gasteiger partial charge in [0.1, 0.15) is 4.88 Å². The zero-order chi connectivity index (χ0) is 14.7. The lowest BCUT2D eigenvalue weighted by Crippen LogP contribution is -2.26. The zero-order valence-corrected chi connectivity index (χ0v) is 12.5. The Hall–Kier alpha value is -2.19. The molecular weight excluding hydrogens is 270 g/mol. The highest BCUT2D eigenvalue weighted by atomic mass is 32.1. The Labute approximate surface area is 122 Å². The van der Waals surface area contributed by atoms with E-state index in [0.717, 1.165) is 16.3 Å². The number of aryl methyl sites for hydroxylation is 2. The van der Waals surface area contributed by atoms with Crippen LogP contribution in [0.15, 0.2) is 24.3 Å². The van der Waals surface area contributed by atoms with Crippen LogP contribution in [0, 0.1) is 25.2 Å². The van der Waals surface area contributed by atoms with Gasteiger partial charge in [0.05, 0.1) is 22.3 Å². The first kappa shape index (κ1) is 14.2. The summed E-state index contributed by atoms with van der Waals surface area (Å²) in [6.45, 7) is 4.22. The van der Waals surface area contributed by atoms with Crippen molar-refractivity contribution in [3.8, 4) is 6.07 Å². The fourth-order valence-corrected chi connectivity index (χ4v) is 2.90. The van der Waals surface area contributed by atoms with Crippen LogP contribution in [0.3, 0.4) is 0 Å². The molecule has 0 atom stereocenters. The molecule has 2 aromatic rings. The molecule has 5 heteroatoms. The van der Waals surface area contributed by atoms with Gasteiger partial charge in [0.2, 0.25) is 0 Å². The maximum Gasteiger partial charge on any atom is 0.265 e. The molecule has 0 bridgehead atoms. The second kappa shape index (κ2) is 5.85. The molecule has 1 amide bonds. The second-order valence-electron chi connectivity index (χ2n) is 4.62. The molecule has 1 aromatic heterocycles. The Morgan fingerprint density at radius 2 is 2.20 bits per heavy atom. The van der Waals surface area contributed by atoms with Crippen molar-refractivity contribution in [2.24, 2.45) is 0 Å². The molecular formula is C15H15N3OS. The van der Waals surface area contributed by atoms with Crippen molar-refractivity contribution in [2.75, 3.05) is 7.05 Å². The average molecular weight is 285 g/mol. The van der Waals surface area contributed by atoms with Gasteiger partial charge in [0, 0.05) is 13.6 Å². The lowest BCUT2D eigenvalue weighted by Gasteiger charge is -2.16. The number of carbonyl (C=O) groups is 1. The van der Waals surface area contributed by atoms with Gasteiger partial charge in [-0.15, -0.1) is 11.3 Å². The Bertz CT molecular complexity index is 685. The Morgan fingerprint density at radius 3 is 2.80 bits per heavy atom. The molecule has 1 heterocycles. The molecule has 2 rings (SSSR count). The van der Waals surface area contributed by atoms with Gasteiger partial charge in [-0.3, -0.25) is 4.79 Å². The van der Waals surface area contributed by atoms with E-state index in [4.69, 9.17) is 5.26 Å². The zero-order valence-electron chi connectivity index (χ0n) is 11.7. The first-order chi connectivity index (χ1) is 9.51. The molecule has 0 aliphatic heterocycles. The van der Waals surface area contributed by atoms with Crippen molar-refractivity contribution in [3.63, 3.8) is 0 Å². The van der Waals surface area contributed by atoms with Gasteiger partial charge < -0.3 is 4.90 Å². The van der Waals surface area contributed by atoms with E-state index >= 15 is 0 Å². The Morgan fingerprint density at radius 1 is 1.45 bits per heavy atom. The number of carbonyl (C=O) groups excluding carboxylic acids is 1. The van der Waals surface area contributed by atoms with Crippen LogP contribution in [0.25, 0.3) is 0 Å². The molecule has 0 saturated carbocycles. The van der Waals surface area contributed by atoms with Gasteiger partial charge in [0.25, 0.3) is 5.91 Å². The average Bonchev–Trinajstić information content (AvgIpc) is 2.77. The van der Waals surface area contributed by atoms with Gasteiger partial charge in [-0.2, -0.15) is 5.26 Å². The molecule has 1 aromatic carbocycles. The van der Waals surface area contributed by atoms with Crippen LogP contribution in [0.4, 0.5) is 0 Å². The molecule has 102 valence electrons. The highest BCUT2D eigenvalue weighted by Crippen LogP contribution is 2.19. The molecule has 0 fully saturated rings. The number of hydrogen-bond donors (Lipinski definition) is 0. The summed E-state index contributed by atoms with van der Waals surface area (Å²) >= 11 is 1.41. The highest BCUT2D eigenvalue weighted by Gasteiger charge is 2.18. The summed E-state index contributed by atoms with van der Waals surface area (Å²) in [5, 5.41) is 9.78. The molecule has 0 unspecified atom stereocenters. The summed E-state index contributed by atoms with van der Waals surface area (Å²) in [4.78, 5) is 19.0.